The van der Waals surface area contributed by atoms with Gasteiger partial charge in [0.05, 0.1) is 6.10 Å². The molecule has 1 aliphatic rings. The summed E-state index contributed by atoms with van der Waals surface area (Å²) in [7, 11) is 0. The molecule has 0 radical (unpaired) electrons. The zero-order valence-corrected chi connectivity index (χ0v) is 7.97. The summed E-state index contributed by atoms with van der Waals surface area (Å²) in [5.74, 6) is 0. The minimum atomic E-state index is -0.283. The zero-order valence-electron chi connectivity index (χ0n) is 5.81. The Kier molecular flexibility index (Phi) is 2.92. The van der Waals surface area contributed by atoms with Crippen LogP contribution in [0.5, 0.6) is 0 Å². The van der Waals surface area contributed by atoms with Crippen LogP contribution in [0.4, 0.5) is 0 Å². The molecule has 1 aliphatic carbocycles. The van der Waals surface area contributed by atoms with Crippen LogP contribution in [0.25, 0.3) is 0 Å². The molecule has 0 heterocycles. The van der Waals surface area contributed by atoms with Crippen LogP contribution in [0.3, 0.4) is 0 Å². The fourth-order valence-corrected chi connectivity index (χ4v) is 1.87. The van der Waals surface area contributed by atoms with Gasteiger partial charge in [0.15, 0.2) is 0 Å². The van der Waals surface area contributed by atoms with Crippen LogP contribution in [-0.4, -0.2) is 11.2 Å². The maximum atomic E-state index is 9.34. The number of hydrogen-bond acceptors (Lipinski definition) is 1. The van der Waals surface area contributed by atoms with Gasteiger partial charge < -0.3 is 5.11 Å². The Labute approximate surface area is 75.0 Å². The van der Waals surface area contributed by atoms with Crippen molar-refractivity contribution < 1.29 is 5.11 Å². The number of halogens is 1. The smallest absolute Gasteiger partial charge is 0.0787 e. The third kappa shape index (κ3) is 1.61. The van der Waals surface area contributed by atoms with E-state index in [0.29, 0.717) is 0 Å². The van der Waals surface area contributed by atoms with Crippen LogP contribution < -0.4 is 0 Å². The highest BCUT2D eigenvalue weighted by Gasteiger charge is 2.17. The molecule has 0 bridgehead atoms. The molecule has 10 heavy (non-hydrogen) atoms. The van der Waals surface area contributed by atoms with Crippen LogP contribution in [0, 0.1) is 0 Å². The first-order chi connectivity index (χ1) is 4.75. The molecule has 2 heteroatoms. The van der Waals surface area contributed by atoms with E-state index in [1.165, 1.54) is 5.57 Å². The van der Waals surface area contributed by atoms with Crippen molar-refractivity contribution >= 4 is 22.6 Å². The molecule has 1 nitrogen and oxygen atoms in total. The molecule has 0 amide bonds. The second-order valence-corrected chi connectivity index (χ2v) is 3.19. The van der Waals surface area contributed by atoms with Gasteiger partial charge in [-0.05, 0) is 34.5 Å². The molecular formula is C8H11IO. The van der Waals surface area contributed by atoms with Crippen LogP contribution in [0.1, 0.15) is 19.3 Å². The van der Waals surface area contributed by atoms with Crippen molar-refractivity contribution in [2.75, 3.05) is 0 Å². The highest BCUT2D eigenvalue weighted by Crippen LogP contribution is 2.28. The molecule has 1 atom stereocenters. The molecule has 0 aliphatic heterocycles. The topological polar surface area (TPSA) is 20.2 Å². The standard InChI is InChI=1S/C8H11IO/c1-6-7(5-9)3-2-4-8(6)10/h5,8,10H,1-4H2/b7-5-. The van der Waals surface area contributed by atoms with E-state index in [1.807, 2.05) is 4.08 Å². The summed E-state index contributed by atoms with van der Waals surface area (Å²) in [6.07, 6.45) is 2.77. The fraction of sp³-hybridized carbons (Fsp3) is 0.500. The van der Waals surface area contributed by atoms with Crippen molar-refractivity contribution in [3.8, 4) is 0 Å². The van der Waals surface area contributed by atoms with E-state index < -0.39 is 0 Å². The second-order valence-electron chi connectivity index (χ2n) is 2.57. The van der Waals surface area contributed by atoms with Crippen molar-refractivity contribution in [1.29, 1.82) is 0 Å². The Balaban J connectivity index is 2.69. The lowest BCUT2D eigenvalue weighted by atomic mass is 9.89. The first kappa shape index (κ1) is 8.27. The predicted molar refractivity (Wildman–Crippen MR) is 51.1 cm³/mol. The van der Waals surface area contributed by atoms with Crippen molar-refractivity contribution in [1.82, 2.24) is 0 Å². The maximum Gasteiger partial charge on any atom is 0.0787 e. The van der Waals surface area contributed by atoms with Crippen LogP contribution in [-0.2, 0) is 0 Å². The van der Waals surface area contributed by atoms with Crippen molar-refractivity contribution in [3.63, 3.8) is 0 Å². The Bertz CT molecular complexity index is 172. The van der Waals surface area contributed by atoms with Crippen LogP contribution in [0.2, 0.25) is 0 Å². The van der Waals surface area contributed by atoms with Gasteiger partial charge in [-0.2, -0.15) is 0 Å². The van der Waals surface area contributed by atoms with Gasteiger partial charge in [0.25, 0.3) is 0 Å². The molecule has 1 unspecified atom stereocenters. The number of aliphatic hydroxyl groups excluding tert-OH is 1. The van der Waals surface area contributed by atoms with Gasteiger partial charge in [-0.3, -0.25) is 0 Å². The molecule has 1 fully saturated rings. The van der Waals surface area contributed by atoms with E-state index in [4.69, 9.17) is 0 Å². The molecule has 0 spiro atoms. The lowest BCUT2D eigenvalue weighted by Crippen LogP contribution is -2.15. The highest BCUT2D eigenvalue weighted by molar-refractivity contribution is 14.1. The second kappa shape index (κ2) is 3.53. The van der Waals surface area contributed by atoms with Crippen molar-refractivity contribution in [2.24, 2.45) is 0 Å². The van der Waals surface area contributed by atoms with Crippen molar-refractivity contribution in [2.45, 2.75) is 25.4 Å². The van der Waals surface area contributed by atoms with Gasteiger partial charge in [0, 0.05) is 0 Å². The minimum Gasteiger partial charge on any atom is -0.388 e. The van der Waals surface area contributed by atoms with Gasteiger partial charge in [0.1, 0.15) is 0 Å². The summed E-state index contributed by atoms with van der Waals surface area (Å²) in [4.78, 5) is 0. The van der Waals surface area contributed by atoms with Gasteiger partial charge in [-0.1, -0.05) is 29.2 Å². The van der Waals surface area contributed by atoms with E-state index in [0.717, 1.165) is 24.8 Å². The third-order valence-electron chi connectivity index (χ3n) is 1.87. The van der Waals surface area contributed by atoms with Crippen LogP contribution in [0.15, 0.2) is 21.8 Å². The molecule has 1 saturated carbocycles. The number of rotatable bonds is 0. The summed E-state index contributed by atoms with van der Waals surface area (Å²) in [5, 5.41) is 9.34. The Morgan fingerprint density at radius 2 is 2.40 bits per heavy atom. The predicted octanol–water partition coefficient (Wildman–Crippen LogP) is 2.41. The molecule has 56 valence electrons. The fourth-order valence-electron chi connectivity index (χ4n) is 1.16. The van der Waals surface area contributed by atoms with Crippen LogP contribution >= 0.6 is 22.6 Å². The quantitative estimate of drug-likeness (QED) is 0.654. The summed E-state index contributed by atoms with van der Waals surface area (Å²) >= 11 is 2.20. The van der Waals surface area contributed by atoms with Gasteiger partial charge in [-0.15, -0.1) is 0 Å². The highest BCUT2D eigenvalue weighted by atomic mass is 127. The molecular weight excluding hydrogens is 239 g/mol. The Morgan fingerprint density at radius 1 is 1.70 bits per heavy atom. The summed E-state index contributed by atoms with van der Waals surface area (Å²) < 4.78 is 2.02. The number of hydrogen-bond donors (Lipinski definition) is 1. The minimum absolute atomic E-state index is 0.283. The lowest BCUT2D eigenvalue weighted by Gasteiger charge is -2.21. The van der Waals surface area contributed by atoms with E-state index in [1.54, 1.807) is 0 Å². The Hall–Kier alpha value is 0.170. The van der Waals surface area contributed by atoms with E-state index in [2.05, 4.69) is 29.2 Å². The summed E-state index contributed by atoms with van der Waals surface area (Å²) in [5.41, 5.74) is 2.14. The molecule has 0 aromatic heterocycles. The Morgan fingerprint density at radius 3 is 2.90 bits per heavy atom. The van der Waals surface area contributed by atoms with Gasteiger partial charge in [0.2, 0.25) is 0 Å². The SMILES string of the molecule is C=C1/C(=C\I)CCCC1O. The summed E-state index contributed by atoms with van der Waals surface area (Å²) in [6.45, 7) is 3.82. The first-order valence-electron chi connectivity index (χ1n) is 3.42. The van der Waals surface area contributed by atoms with Gasteiger partial charge in [-0.25, -0.2) is 0 Å². The average Bonchev–Trinajstić information content (AvgIpc) is 1.95. The lowest BCUT2D eigenvalue weighted by molar-refractivity contribution is 0.191. The van der Waals surface area contributed by atoms with E-state index in [-0.39, 0.29) is 6.10 Å². The average molecular weight is 250 g/mol. The molecule has 1 N–H and O–H groups in total. The van der Waals surface area contributed by atoms with Gasteiger partial charge >= 0.3 is 0 Å². The molecule has 0 saturated heterocycles. The molecule has 0 aromatic carbocycles. The zero-order chi connectivity index (χ0) is 7.56. The maximum absolute atomic E-state index is 9.34. The molecule has 0 aromatic rings. The third-order valence-corrected chi connectivity index (χ3v) is 2.62. The van der Waals surface area contributed by atoms with E-state index >= 15 is 0 Å². The molecule has 1 rings (SSSR count). The largest absolute Gasteiger partial charge is 0.388 e. The number of aliphatic hydroxyl groups is 1. The normalized spacial score (nSPS) is 31.2. The monoisotopic (exact) mass is 250 g/mol. The summed E-state index contributed by atoms with van der Waals surface area (Å²) in [6, 6.07) is 0. The van der Waals surface area contributed by atoms with Crippen molar-refractivity contribution in [3.05, 3.63) is 21.8 Å². The van der Waals surface area contributed by atoms with E-state index in [9.17, 15) is 5.11 Å². The first-order valence-corrected chi connectivity index (χ1v) is 4.66.